The van der Waals surface area contributed by atoms with Crippen LogP contribution in [0.5, 0.6) is 0 Å². The fourth-order valence-corrected chi connectivity index (χ4v) is 1.81. The zero-order valence-corrected chi connectivity index (χ0v) is 11.6. The number of hydrogen-bond acceptors (Lipinski definition) is 3. The van der Waals surface area contributed by atoms with Crippen LogP contribution in [-0.2, 0) is 4.74 Å². The molecule has 0 aromatic rings. The van der Waals surface area contributed by atoms with Crippen LogP contribution in [0, 0.1) is 0 Å². The molecule has 0 aliphatic carbocycles. The van der Waals surface area contributed by atoms with E-state index in [9.17, 15) is 5.11 Å². The summed E-state index contributed by atoms with van der Waals surface area (Å²) in [7, 11) is 0. The van der Waals surface area contributed by atoms with E-state index in [0.29, 0.717) is 0 Å². The van der Waals surface area contributed by atoms with Crippen molar-refractivity contribution >= 4 is 0 Å². The molecule has 0 spiro atoms. The molecule has 3 heteroatoms. The van der Waals surface area contributed by atoms with E-state index >= 15 is 0 Å². The minimum Gasteiger partial charge on any atom is -0.389 e. The minimum absolute atomic E-state index is 0.0191. The Morgan fingerprint density at radius 1 is 1.31 bits per heavy atom. The molecule has 1 heterocycles. The van der Waals surface area contributed by atoms with Gasteiger partial charge in [-0.05, 0) is 54.4 Å². The Morgan fingerprint density at radius 3 is 2.25 bits per heavy atom. The molecule has 1 saturated heterocycles. The second-order valence-corrected chi connectivity index (χ2v) is 6.60. The third kappa shape index (κ3) is 3.44. The van der Waals surface area contributed by atoms with Crippen LogP contribution in [0.15, 0.2) is 0 Å². The maximum atomic E-state index is 10.0. The molecule has 1 aliphatic rings. The monoisotopic (exact) mass is 229 g/mol. The standard InChI is InChI=1S/C13H27NO2/c1-11(2)8-7-10(16-11)9-14-12(3,4)13(5,6)15/h10,14-15H,7-9H2,1-6H3. The molecule has 3 nitrogen and oxygen atoms in total. The van der Waals surface area contributed by atoms with Gasteiger partial charge in [0, 0.05) is 12.1 Å². The van der Waals surface area contributed by atoms with Crippen LogP contribution < -0.4 is 5.32 Å². The average Bonchev–Trinajstić information content (AvgIpc) is 2.40. The lowest BCUT2D eigenvalue weighted by Crippen LogP contribution is -2.57. The molecule has 1 fully saturated rings. The Labute approximate surface area is 99.6 Å². The van der Waals surface area contributed by atoms with E-state index in [4.69, 9.17) is 4.74 Å². The first-order chi connectivity index (χ1) is 7.04. The molecule has 2 N–H and O–H groups in total. The van der Waals surface area contributed by atoms with E-state index < -0.39 is 5.60 Å². The first-order valence-corrected chi connectivity index (χ1v) is 6.19. The third-order valence-corrected chi connectivity index (χ3v) is 3.86. The van der Waals surface area contributed by atoms with Crippen molar-refractivity contribution < 1.29 is 9.84 Å². The van der Waals surface area contributed by atoms with Gasteiger partial charge < -0.3 is 15.2 Å². The van der Waals surface area contributed by atoms with Gasteiger partial charge in [0.1, 0.15) is 0 Å². The summed E-state index contributed by atoms with van der Waals surface area (Å²) in [5, 5.41) is 13.4. The molecule has 1 unspecified atom stereocenters. The highest BCUT2D eigenvalue weighted by Gasteiger charge is 2.37. The Morgan fingerprint density at radius 2 is 1.88 bits per heavy atom. The fourth-order valence-electron chi connectivity index (χ4n) is 1.81. The number of aliphatic hydroxyl groups is 1. The van der Waals surface area contributed by atoms with E-state index in [1.165, 1.54) is 0 Å². The molecule has 1 aliphatic heterocycles. The van der Waals surface area contributed by atoms with Crippen LogP contribution >= 0.6 is 0 Å². The van der Waals surface area contributed by atoms with Crippen molar-refractivity contribution in [2.75, 3.05) is 6.54 Å². The van der Waals surface area contributed by atoms with Crippen molar-refractivity contribution in [3.05, 3.63) is 0 Å². The molecular weight excluding hydrogens is 202 g/mol. The summed E-state index contributed by atoms with van der Waals surface area (Å²) >= 11 is 0. The molecule has 1 rings (SSSR count). The number of ether oxygens (including phenoxy) is 1. The molecular formula is C13H27NO2. The second kappa shape index (κ2) is 4.28. The van der Waals surface area contributed by atoms with Crippen molar-refractivity contribution in [3.63, 3.8) is 0 Å². The highest BCUT2D eigenvalue weighted by Crippen LogP contribution is 2.29. The molecule has 0 aromatic heterocycles. The molecule has 96 valence electrons. The highest BCUT2D eigenvalue weighted by atomic mass is 16.5. The van der Waals surface area contributed by atoms with Gasteiger partial charge in [0.2, 0.25) is 0 Å². The number of hydrogen-bond donors (Lipinski definition) is 2. The summed E-state index contributed by atoms with van der Waals surface area (Å²) in [6.07, 6.45) is 2.49. The summed E-state index contributed by atoms with van der Waals surface area (Å²) < 4.78 is 5.91. The van der Waals surface area contributed by atoms with E-state index in [0.717, 1.165) is 19.4 Å². The first kappa shape index (κ1) is 13.9. The minimum atomic E-state index is -0.735. The lowest BCUT2D eigenvalue weighted by molar-refractivity contribution is -0.0348. The largest absolute Gasteiger partial charge is 0.389 e. The van der Waals surface area contributed by atoms with Crippen LogP contribution in [0.4, 0.5) is 0 Å². The summed E-state index contributed by atoms with van der Waals surface area (Å²) in [5.74, 6) is 0. The van der Waals surface area contributed by atoms with Crippen LogP contribution in [-0.4, -0.2) is 34.5 Å². The predicted octanol–water partition coefficient (Wildman–Crippen LogP) is 2.08. The number of nitrogens with one attached hydrogen (secondary N) is 1. The zero-order valence-electron chi connectivity index (χ0n) is 11.6. The van der Waals surface area contributed by atoms with Gasteiger partial charge in [-0.15, -0.1) is 0 Å². The Hall–Kier alpha value is -0.120. The van der Waals surface area contributed by atoms with Gasteiger partial charge in [-0.25, -0.2) is 0 Å². The maximum absolute atomic E-state index is 10.0. The van der Waals surface area contributed by atoms with E-state index in [1.807, 2.05) is 27.7 Å². The van der Waals surface area contributed by atoms with E-state index in [1.54, 1.807) is 0 Å². The van der Waals surface area contributed by atoms with Gasteiger partial charge in [-0.1, -0.05) is 0 Å². The van der Waals surface area contributed by atoms with Crippen molar-refractivity contribution in [2.45, 2.75) is 77.2 Å². The normalized spacial score (nSPS) is 26.1. The van der Waals surface area contributed by atoms with Crippen LogP contribution in [0.1, 0.15) is 54.4 Å². The summed E-state index contributed by atoms with van der Waals surface area (Å²) in [6, 6.07) is 0. The predicted molar refractivity (Wildman–Crippen MR) is 66.6 cm³/mol. The Balaban J connectivity index is 2.42. The van der Waals surface area contributed by atoms with Gasteiger partial charge in [-0.2, -0.15) is 0 Å². The summed E-state index contributed by atoms with van der Waals surface area (Å²) in [6.45, 7) is 12.8. The van der Waals surface area contributed by atoms with Crippen molar-refractivity contribution in [1.29, 1.82) is 0 Å². The molecule has 0 aromatic carbocycles. The molecule has 0 amide bonds. The molecule has 16 heavy (non-hydrogen) atoms. The summed E-state index contributed by atoms with van der Waals surface area (Å²) in [4.78, 5) is 0. The van der Waals surface area contributed by atoms with E-state index in [-0.39, 0.29) is 17.2 Å². The van der Waals surface area contributed by atoms with Crippen LogP contribution in [0.2, 0.25) is 0 Å². The van der Waals surface area contributed by atoms with Gasteiger partial charge in [-0.3, -0.25) is 0 Å². The second-order valence-electron chi connectivity index (χ2n) is 6.60. The average molecular weight is 229 g/mol. The topological polar surface area (TPSA) is 41.5 Å². The lowest BCUT2D eigenvalue weighted by Gasteiger charge is -2.39. The molecule has 0 saturated carbocycles. The van der Waals surface area contributed by atoms with Crippen LogP contribution in [0.3, 0.4) is 0 Å². The fraction of sp³-hybridized carbons (Fsp3) is 1.00. The molecule has 1 atom stereocenters. The highest BCUT2D eigenvalue weighted by molar-refractivity contribution is 4.94. The van der Waals surface area contributed by atoms with E-state index in [2.05, 4.69) is 19.2 Å². The first-order valence-electron chi connectivity index (χ1n) is 6.19. The van der Waals surface area contributed by atoms with Crippen molar-refractivity contribution in [1.82, 2.24) is 5.32 Å². The Bertz CT molecular complexity index is 241. The molecule has 0 radical (unpaired) electrons. The summed E-state index contributed by atoms with van der Waals surface area (Å²) in [5.41, 5.74) is -1.02. The SMILES string of the molecule is CC1(C)CCC(CNC(C)(C)C(C)(C)O)O1. The van der Waals surface area contributed by atoms with Crippen LogP contribution in [0.25, 0.3) is 0 Å². The maximum Gasteiger partial charge on any atom is 0.0767 e. The van der Waals surface area contributed by atoms with Gasteiger partial charge in [0.25, 0.3) is 0 Å². The number of rotatable bonds is 4. The van der Waals surface area contributed by atoms with Crippen molar-refractivity contribution in [3.8, 4) is 0 Å². The molecule has 0 bridgehead atoms. The van der Waals surface area contributed by atoms with Gasteiger partial charge in [0.05, 0.1) is 17.3 Å². The smallest absolute Gasteiger partial charge is 0.0767 e. The van der Waals surface area contributed by atoms with Crippen molar-refractivity contribution in [2.24, 2.45) is 0 Å². The third-order valence-electron chi connectivity index (χ3n) is 3.86. The van der Waals surface area contributed by atoms with Gasteiger partial charge in [0.15, 0.2) is 0 Å². The zero-order chi connectivity index (χ0) is 12.6. The quantitative estimate of drug-likeness (QED) is 0.775. The van der Waals surface area contributed by atoms with Gasteiger partial charge >= 0.3 is 0 Å². The Kier molecular flexibility index (Phi) is 3.73. The lowest BCUT2D eigenvalue weighted by atomic mass is 9.86.